The summed E-state index contributed by atoms with van der Waals surface area (Å²) in [6.45, 7) is 0. The number of hydrogen-bond donors (Lipinski definition) is 0. The normalized spacial score (nSPS) is 11.3. The van der Waals surface area contributed by atoms with Crippen LogP contribution in [0.1, 0.15) is 21.8 Å². The van der Waals surface area contributed by atoms with Gasteiger partial charge in [0.1, 0.15) is 23.0 Å². The lowest BCUT2D eigenvalue weighted by Gasteiger charge is -2.14. The predicted molar refractivity (Wildman–Crippen MR) is 78.7 cm³/mol. The summed E-state index contributed by atoms with van der Waals surface area (Å²) in [5.74, 6) is -0.430. The molecule has 0 aliphatic heterocycles. The number of rotatable bonds is 5. The lowest BCUT2D eigenvalue weighted by molar-refractivity contribution is 0.0972. The van der Waals surface area contributed by atoms with Crippen molar-refractivity contribution in [1.29, 1.82) is 5.26 Å². The van der Waals surface area contributed by atoms with Crippen LogP contribution in [0.3, 0.4) is 0 Å². The standard InChI is InChI=1S/C17H15NO3/c1-20-14-9-6-10-15(21-2)16(14)17(19)13(11-18)12-7-4-3-5-8-12/h3-10,13H,1-2H3. The number of Topliss-reactive ketones (excluding diaryl/α,β-unsaturated/α-hetero) is 1. The van der Waals surface area contributed by atoms with E-state index in [1.165, 1.54) is 14.2 Å². The fraction of sp³-hybridized carbons (Fsp3) is 0.176. The van der Waals surface area contributed by atoms with Gasteiger partial charge in [0.15, 0.2) is 5.78 Å². The Labute approximate surface area is 123 Å². The second-order valence-corrected chi connectivity index (χ2v) is 4.37. The van der Waals surface area contributed by atoms with Crippen molar-refractivity contribution < 1.29 is 14.3 Å². The molecular weight excluding hydrogens is 266 g/mol. The number of ketones is 1. The van der Waals surface area contributed by atoms with Gasteiger partial charge in [0, 0.05) is 0 Å². The molecule has 0 saturated carbocycles. The number of hydrogen-bond acceptors (Lipinski definition) is 4. The minimum atomic E-state index is -0.892. The van der Waals surface area contributed by atoms with Gasteiger partial charge in [0.25, 0.3) is 0 Å². The smallest absolute Gasteiger partial charge is 0.191 e. The highest BCUT2D eigenvalue weighted by molar-refractivity contribution is 6.07. The Kier molecular flexibility index (Phi) is 4.57. The Morgan fingerprint density at radius 3 is 2.05 bits per heavy atom. The van der Waals surface area contributed by atoms with Crippen LogP contribution in [0.5, 0.6) is 11.5 Å². The van der Waals surface area contributed by atoms with E-state index in [4.69, 9.17) is 9.47 Å². The number of nitriles is 1. The van der Waals surface area contributed by atoms with Crippen molar-refractivity contribution >= 4 is 5.78 Å². The fourth-order valence-electron chi connectivity index (χ4n) is 2.17. The molecule has 21 heavy (non-hydrogen) atoms. The summed E-state index contributed by atoms with van der Waals surface area (Å²) in [5.41, 5.74) is 0.941. The van der Waals surface area contributed by atoms with Crippen LogP contribution in [-0.2, 0) is 0 Å². The molecule has 1 unspecified atom stereocenters. The highest BCUT2D eigenvalue weighted by Gasteiger charge is 2.27. The maximum absolute atomic E-state index is 12.8. The molecule has 0 heterocycles. The van der Waals surface area contributed by atoms with E-state index in [9.17, 15) is 10.1 Å². The molecule has 4 heteroatoms. The van der Waals surface area contributed by atoms with Crippen molar-refractivity contribution in [1.82, 2.24) is 0 Å². The zero-order chi connectivity index (χ0) is 15.2. The van der Waals surface area contributed by atoms with Crippen LogP contribution in [0.15, 0.2) is 48.5 Å². The van der Waals surface area contributed by atoms with E-state index in [2.05, 4.69) is 6.07 Å². The molecular formula is C17H15NO3. The first-order valence-corrected chi connectivity index (χ1v) is 6.42. The van der Waals surface area contributed by atoms with Gasteiger partial charge in [0.2, 0.25) is 0 Å². The molecule has 0 amide bonds. The summed E-state index contributed by atoms with van der Waals surface area (Å²) in [6, 6.07) is 16.1. The first-order chi connectivity index (χ1) is 10.2. The molecule has 0 radical (unpaired) electrons. The number of nitrogens with zero attached hydrogens (tertiary/aromatic N) is 1. The van der Waals surface area contributed by atoms with E-state index in [1.54, 1.807) is 42.5 Å². The van der Waals surface area contributed by atoms with Crippen LogP contribution in [0.25, 0.3) is 0 Å². The van der Waals surface area contributed by atoms with Crippen molar-refractivity contribution in [3.63, 3.8) is 0 Å². The number of ether oxygens (including phenoxy) is 2. The maximum atomic E-state index is 12.8. The van der Waals surface area contributed by atoms with Gasteiger partial charge in [-0.3, -0.25) is 4.79 Å². The van der Waals surface area contributed by atoms with Crippen molar-refractivity contribution in [2.45, 2.75) is 5.92 Å². The molecule has 0 bridgehead atoms. The zero-order valence-corrected chi connectivity index (χ0v) is 11.9. The summed E-state index contributed by atoms with van der Waals surface area (Å²) < 4.78 is 10.5. The zero-order valence-electron chi connectivity index (χ0n) is 11.9. The van der Waals surface area contributed by atoms with Crippen LogP contribution in [0.2, 0.25) is 0 Å². The van der Waals surface area contributed by atoms with E-state index < -0.39 is 5.92 Å². The monoisotopic (exact) mass is 281 g/mol. The van der Waals surface area contributed by atoms with Crippen molar-refractivity contribution in [2.75, 3.05) is 14.2 Å². The summed E-state index contributed by atoms with van der Waals surface area (Å²) in [5, 5.41) is 9.39. The summed E-state index contributed by atoms with van der Waals surface area (Å²) in [4.78, 5) is 12.8. The summed E-state index contributed by atoms with van der Waals surface area (Å²) >= 11 is 0. The molecule has 106 valence electrons. The molecule has 0 N–H and O–H groups in total. The summed E-state index contributed by atoms with van der Waals surface area (Å²) in [6.07, 6.45) is 0. The van der Waals surface area contributed by atoms with Crippen LogP contribution in [0.4, 0.5) is 0 Å². The second kappa shape index (κ2) is 6.58. The molecule has 0 spiro atoms. The van der Waals surface area contributed by atoms with E-state index >= 15 is 0 Å². The van der Waals surface area contributed by atoms with Gasteiger partial charge in [-0.2, -0.15) is 5.26 Å². The lowest BCUT2D eigenvalue weighted by Crippen LogP contribution is -2.13. The van der Waals surface area contributed by atoms with E-state index in [1.807, 2.05) is 6.07 Å². The SMILES string of the molecule is COc1cccc(OC)c1C(=O)C(C#N)c1ccccc1. The second-order valence-electron chi connectivity index (χ2n) is 4.37. The fourth-order valence-corrected chi connectivity index (χ4v) is 2.17. The highest BCUT2D eigenvalue weighted by Crippen LogP contribution is 2.33. The maximum Gasteiger partial charge on any atom is 0.191 e. The predicted octanol–water partition coefficient (Wildman–Crippen LogP) is 3.19. The Bertz CT molecular complexity index is 652. The van der Waals surface area contributed by atoms with E-state index in [-0.39, 0.29) is 11.3 Å². The Morgan fingerprint density at radius 2 is 1.57 bits per heavy atom. The van der Waals surface area contributed by atoms with Gasteiger partial charge in [-0.15, -0.1) is 0 Å². The van der Waals surface area contributed by atoms with Gasteiger partial charge in [-0.25, -0.2) is 0 Å². The largest absolute Gasteiger partial charge is 0.496 e. The lowest BCUT2D eigenvalue weighted by atomic mass is 9.91. The highest BCUT2D eigenvalue weighted by atomic mass is 16.5. The van der Waals surface area contributed by atoms with E-state index in [0.717, 1.165) is 0 Å². The Morgan fingerprint density at radius 1 is 1.00 bits per heavy atom. The quantitative estimate of drug-likeness (QED) is 0.790. The van der Waals surface area contributed by atoms with Gasteiger partial charge >= 0.3 is 0 Å². The van der Waals surface area contributed by atoms with Crippen LogP contribution < -0.4 is 9.47 Å². The summed E-state index contributed by atoms with van der Waals surface area (Å²) in [7, 11) is 2.96. The first kappa shape index (κ1) is 14.6. The van der Waals surface area contributed by atoms with Crippen LogP contribution in [-0.4, -0.2) is 20.0 Å². The van der Waals surface area contributed by atoms with Crippen molar-refractivity contribution in [2.24, 2.45) is 0 Å². The molecule has 0 aliphatic rings. The number of methoxy groups -OCH3 is 2. The third-order valence-electron chi connectivity index (χ3n) is 3.20. The van der Waals surface area contributed by atoms with Crippen molar-refractivity contribution in [3.05, 3.63) is 59.7 Å². The molecule has 2 aromatic rings. The average Bonchev–Trinajstić information content (AvgIpc) is 2.55. The average molecular weight is 281 g/mol. The van der Waals surface area contributed by atoms with Gasteiger partial charge in [-0.1, -0.05) is 36.4 Å². The Balaban J connectivity index is 2.51. The molecule has 0 fully saturated rings. The third-order valence-corrected chi connectivity index (χ3v) is 3.20. The molecule has 0 aliphatic carbocycles. The molecule has 2 rings (SSSR count). The number of carbonyl (C=O) groups excluding carboxylic acids is 1. The molecule has 0 saturated heterocycles. The van der Waals surface area contributed by atoms with Crippen LogP contribution >= 0.6 is 0 Å². The van der Waals surface area contributed by atoms with Crippen LogP contribution in [0, 0.1) is 11.3 Å². The minimum absolute atomic E-state index is 0.290. The van der Waals surface area contributed by atoms with Gasteiger partial charge in [-0.05, 0) is 17.7 Å². The van der Waals surface area contributed by atoms with Gasteiger partial charge < -0.3 is 9.47 Å². The molecule has 2 aromatic carbocycles. The van der Waals surface area contributed by atoms with E-state index in [0.29, 0.717) is 17.1 Å². The van der Waals surface area contributed by atoms with Gasteiger partial charge in [0.05, 0.1) is 20.3 Å². The molecule has 0 aromatic heterocycles. The minimum Gasteiger partial charge on any atom is -0.496 e. The Hall–Kier alpha value is -2.80. The molecule has 4 nitrogen and oxygen atoms in total. The first-order valence-electron chi connectivity index (χ1n) is 6.42. The number of benzene rings is 2. The third kappa shape index (κ3) is 2.87. The molecule has 1 atom stereocenters. The van der Waals surface area contributed by atoms with Crippen molar-refractivity contribution in [3.8, 4) is 17.6 Å². The number of carbonyl (C=O) groups is 1. The topological polar surface area (TPSA) is 59.3 Å².